The lowest BCUT2D eigenvalue weighted by atomic mass is 10.2. The van der Waals surface area contributed by atoms with Crippen LogP contribution >= 0.6 is 0 Å². The number of benzene rings is 2. The summed E-state index contributed by atoms with van der Waals surface area (Å²) in [5.74, 6) is 0.614. The van der Waals surface area contributed by atoms with Gasteiger partial charge in [0.15, 0.2) is 0 Å². The number of likely N-dealkylation sites (N-methyl/N-ethyl adjacent to an activating group) is 1. The standard InChI is InChI=1S/C19H21N3O2/c1-21(2)12-13-24-14-18-20-17-11-7-6-10-16(17)19(23)22(18)15-8-4-3-5-9-15/h3-11H,12-14H2,1-2H3. The van der Waals surface area contributed by atoms with Crippen molar-refractivity contribution in [2.75, 3.05) is 27.2 Å². The molecule has 0 saturated heterocycles. The highest BCUT2D eigenvalue weighted by Crippen LogP contribution is 2.13. The number of ether oxygens (including phenoxy) is 1. The molecule has 0 saturated carbocycles. The number of hydrogen-bond acceptors (Lipinski definition) is 4. The molecule has 0 aliphatic carbocycles. The van der Waals surface area contributed by atoms with Crippen molar-refractivity contribution >= 4 is 10.9 Å². The molecule has 124 valence electrons. The number of aromatic nitrogens is 2. The monoisotopic (exact) mass is 323 g/mol. The Bertz CT molecular complexity index is 873. The van der Waals surface area contributed by atoms with E-state index in [4.69, 9.17) is 4.74 Å². The van der Waals surface area contributed by atoms with Crippen LogP contribution in [0.3, 0.4) is 0 Å². The minimum atomic E-state index is -0.0713. The number of nitrogens with zero attached hydrogens (tertiary/aromatic N) is 3. The van der Waals surface area contributed by atoms with Gasteiger partial charge in [0.1, 0.15) is 12.4 Å². The Morgan fingerprint density at radius 1 is 1.04 bits per heavy atom. The molecule has 0 aliphatic heterocycles. The van der Waals surface area contributed by atoms with Crippen molar-refractivity contribution in [2.24, 2.45) is 0 Å². The second-order valence-corrected chi connectivity index (χ2v) is 5.88. The molecule has 1 aromatic heterocycles. The third kappa shape index (κ3) is 3.53. The van der Waals surface area contributed by atoms with Crippen molar-refractivity contribution in [3.05, 3.63) is 70.8 Å². The molecule has 2 aromatic carbocycles. The van der Waals surface area contributed by atoms with Gasteiger partial charge in [-0.3, -0.25) is 9.36 Å². The maximum atomic E-state index is 12.9. The van der Waals surface area contributed by atoms with Crippen molar-refractivity contribution in [2.45, 2.75) is 6.61 Å². The van der Waals surface area contributed by atoms with Gasteiger partial charge in [0.05, 0.1) is 23.2 Å². The molecule has 0 spiro atoms. The van der Waals surface area contributed by atoms with Gasteiger partial charge >= 0.3 is 0 Å². The summed E-state index contributed by atoms with van der Waals surface area (Å²) in [6.45, 7) is 1.70. The van der Waals surface area contributed by atoms with Crippen molar-refractivity contribution in [1.82, 2.24) is 14.5 Å². The Morgan fingerprint density at radius 2 is 1.75 bits per heavy atom. The highest BCUT2D eigenvalue weighted by molar-refractivity contribution is 5.77. The average molecular weight is 323 g/mol. The molecular formula is C19H21N3O2. The molecule has 0 amide bonds. The predicted molar refractivity (Wildman–Crippen MR) is 95.6 cm³/mol. The van der Waals surface area contributed by atoms with Crippen LogP contribution in [0.2, 0.25) is 0 Å². The fourth-order valence-electron chi connectivity index (χ4n) is 2.53. The summed E-state index contributed by atoms with van der Waals surface area (Å²) in [6.07, 6.45) is 0. The summed E-state index contributed by atoms with van der Waals surface area (Å²) in [6, 6.07) is 17.0. The van der Waals surface area contributed by atoms with Gasteiger partial charge in [-0.2, -0.15) is 0 Å². The van der Waals surface area contributed by atoms with Crippen molar-refractivity contribution in [3.8, 4) is 5.69 Å². The van der Waals surface area contributed by atoms with Gasteiger partial charge in [-0.15, -0.1) is 0 Å². The molecule has 5 nitrogen and oxygen atoms in total. The lowest BCUT2D eigenvalue weighted by Gasteiger charge is -2.15. The van der Waals surface area contributed by atoms with Crippen molar-refractivity contribution in [3.63, 3.8) is 0 Å². The Balaban J connectivity index is 2.03. The number of rotatable bonds is 6. The molecule has 0 N–H and O–H groups in total. The van der Waals surface area contributed by atoms with Gasteiger partial charge in [-0.1, -0.05) is 30.3 Å². The van der Waals surface area contributed by atoms with E-state index >= 15 is 0 Å². The largest absolute Gasteiger partial charge is 0.372 e. The first-order valence-corrected chi connectivity index (χ1v) is 7.95. The third-order valence-corrected chi connectivity index (χ3v) is 3.77. The minimum Gasteiger partial charge on any atom is -0.372 e. The van der Waals surface area contributed by atoms with Crippen LogP contribution in [-0.4, -0.2) is 41.7 Å². The first-order valence-electron chi connectivity index (χ1n) is 7.95. The van der Waals surface area contributed by atoms with E-state index in [1.54, 1.807) is 10.6 Å². The fraction of sp³-hybridized carbons (Fsp3) is 0.263. The molecule has 3 aromatic rings. The molecule has 5 heteroatoms. The Kier molecular flexibility index (Phi) is 5.03. The zero-order valence-corrected chi connectivity index (χ0v) is 14.0. The molecule has 3 rings (SSSR count). The number of para-hydroxylation sites is 2. The van der Waals surface area contributed by atoms with Crippen LogP contribution in [0.25, 0.3) is 16.6 Å². The summed E-state index contributed by atoms with van der Waals surface area (Å²) in [5, 5.41) is 0.610. The lowest BCUT2D eigenvalue weighted by molar-refractivity contribution is 0.0992. The summed E-state index contributed by atoms with van der Waals surface area (Å²) < 4.78 is 7.37. The van der Waals surface area contributed by atoms with Crippen LogP contribution < -0.4 is 5.56 Å². The predicted octanol–water partition coefficient (Wildman–Crippen LogP) is 2.46. The smallest absolute Gasteiger partial charge is 0.266 e. The zero-order valence-electron chi connectivity index (χ0n) is 14.0. The minimum absolute atomic E-state index is 0.0713. The summed E-state index contributed by atoms with van der Waals surface area (Å²) in [7, 11) is 4.00. The van der Waals surface area contributed by atoms with E-state index in [1.807, 2.05) is 62.6 Å². The van der Waals surface area contributed by atoms with Crippen LogP contribution in [0.5, 0.6) is 0 Å². The molecule has 0 atom stereocenters. The van der Waals surface area contributed by atoms with E-state index in [2.05, 4.69) is 9.88 Å². The Hall–Kier alpha value is -2.50. The van der Waals surface area contributed by atoms with E-state index in [1.165, 1.54) is 0 Å². The zero-order chi connectivity index (χ0) is 16.9. The molecule has 0 aliphatic rings. The lowest BCUT2D eigenvalue weighted by Crippen LogP contribution is -2.25. The molecule has 0 radical (unpaired) electrons. The quantitative estimate of drug-likeness (QED) is 0.654. The van der Waals surface area contributed by atoms with Crippen LogP contribution in [0.15, 0.2) is 59.4 Å². The van der Waals surface area contributed by atoms with Gasteiger partial charge < -0.3 is 9.64 Å². The maximum Gasteiger partial charge on any atom is 0.266 e. The Morgan fingerprint density at radius 3 is 2.50 bits per heavy atom. The second-order valence-electron chi connectivity index (χ2n) is 5.88. The van der Waals surface area contributed by atoms with Gasteiger partial charge in [0, 0.05) is 6.54 Å². The topological polar surface area (TPSA) is 47.4 Å². The highest BCUT2D eigenvalue weighted by atomic mass is 16.5. The molecule has 24 heavy (non-hydrogen) atoms. The molecule has 0 bridgehead atoms. The normalized spacial score (nSPS) is 11.3. The first kappa shape index (κ1) is 16.4. The van der Waals surface area contributed by atoms with Crippen LogP contribution in [0.4, 0.5) is 0 Å². The number of hydrogen-bond donors (Lipinski definition) is 0. The summed E-state index contributed by atoms with van der Waals surface area (Å²) >= 11 is 0. The van der Waals surface area contributed by atoms with Crippen molar-refractivity contribution in [1.29, 1.82) is 0 Å². The summed E-state index contributed by atoms with van der Waals surface area (Å²) in [5.41, 5.74) is 1.42. The van der Waals surface area contributed by atoms with E-state index in [0.29, 0.717) is 29.9 Å². The average Bonchev–Trinajstić information content (AvgIpc) is 2.59. The fourth-order valence-corrected chi connectivity index (χ4v) is 2.53. The maximum absolute atomic E-state index is 12.9. The van der Waals surface area contributed by atoms with Gasteiger partial charge in [-0.25, -0.2) is 4.98 Å². The third-order valence-electron chi connectivity index (χ3n) is 3.77. The van der Waals surface area contributed by atoms with Crippen LogP contribution in [-0.2, 0) is 11.3 Å². The van der Waals surface area contributed by atoms with Crippen molar-refractivity contribution < 1.29 is 4.74 Å². The Labute approximate surface area is 141 Å². The molecule has 0 fully saturated rings. The van der Waals surface area contributed by atoms with E-state index < -0.39 is 0 Å². The first-order chi connectivity index (χ1) is 11.7. The van der Waals surface area contributed by atoms with Gasteiger partial charge in [0.25, 0.3) is 5.56 Å². The second kappa shape index (κ2) is 7.38. The van der Waals surface area contributed by atoms with Gasteiger partial charge in [-0.05, 0) is 38.4 Å². The molecule has 1 heterocycles. The SMILES string of the molecule is CN(C)CCOCc1nc2ccccc2c(=O)n1-c1ccccc1. The van der Waals surface area contributed by atoms with Gasteiger partial charge in [0.2, 0.25) is 0 Å². The summed E-state index contributed by atoms with van der Waals surface area (Å²) in [4.78, 5) is 19.7. The highest BCUT2D eigenvalue weighted by Gasteiger charge is 2.12. The van der Waals surface area contributed by atoms with E-state index in [-0.39, 0.29) is 5.56 Å². The molecule has 0 unspecified atom stereocenters. The number of fused-ring (bicyclic) bond motifs is 1. The van der Waals surface area contributed by atoms with E-state index in [9.17, 15) is 4.79 Å². The van der Waals surface area contributed by atoms with E-state index in [0.717, 1.165) is 12.2 Å². The van der Waals surface area contributed by atoms with Crippen LogP contribution in [0.1, 0.15) is 5.82 Å². The van der Waals surface area contributed by atoms with Crippen LogP contribution in [0, 0.1) is 0 Å². The molecular weight excluding hydrogens is 302 g/mol.